The largest absolute Gasteiger partial charge is 0.429 e. The van der Waals surface area contributed by atoms with Crippen molar-refractivity contribution in [2.75, 3.05) is 14.2 Å². The predicted molar refractivity (Wildman–Crippen MR) is 29.0 cm³/mol. The third-order valence-electron chi connectivity index (χ3n) is 0.560. The fourth-order valence-corrected chi connectivity index (χ4v) is 0.284. The van der Waals surface area contributed by atoms with Gasteiger partial charge in [0.1, 0.15) is 0 Å². The van der Waals surface area contributed by atoms with Crippen LogP contribution in [0.1, 0.15) is 6.92 Å². The summed E-state index contributed by atoms with van der Waals surface area (Å²) in [6.45, 7) is 1.13. The molecule has 0 aromatic heterocycles. The molecule has 0 aliphatic rings. The molecule has 0 N–H and O–H groups in total. The van der Waals surface area contributed by atoms with Crippen molar-refractivity contribution in [2.24, 2.45) is 0 Å². The minimum Gasteiger partial charge on any atom is -0.401 e. The second-order valence-electron chi connectivity index (χ2n) is 1.25. The van der Waals surface area contributed by atoms with Gasteiger partial charge in [0.15, 0.2) is 0 Å². The van der Waals surface area contributed by atoms with Gasteiger partial charge in [-0.1, -0.05) is 0 Å². The average molecular weight is 133 g/mol. The first-order valence-corrected chi connectivity index (χ1v) is 2.34. The quantitative estimate of drug-likeness (QED) is 0.519. The summed E-state index contributed by atoms with van der Waals surface area (Å²) in [6, 6.07) is 0. The SMILES string of the molecule is CO[C](OC)OC(C)=O. The van der Waals surface area contributed by atoms with E-state index in [1.54, 1.807) is 0 Å². The summed E-state index contributed by atoms with van der Waals surface area (Å²) >= 11 is 0. The molecule has 0 aromatic rings. The molecule has 1 radical (unpaired) electrons. The maximum atomic E-state index is 10.2. The summed E-state index contributed by atoms with van der Waals surface area (Å²) in [7, 11) is 2.70. The first kappa shape index (κ1) is 8.39. The molecule has 0 amide bonds. The van der Waals surface area contributed by atoms with Crippen molar-refractivity contribution in [1.29, 1.82) is 0 Å². The fraction of sp³-hybridized carbons (Fsp3) is 0.600. The Kier molecular flexibility index (Phi) is 4.00. The number of ether oxygens (including phenoxy) is 3. The Bertz CT molecular complexity index is 87.0. The summed E-state index contributed by atoms with van der Waals surface area (Å²) in [5, 5.41) is 0. The molecule has 0 aromatic carbocycles. The van der Waals surface area contributed by atoms with E-state index in [2.05, 4.69) is 14.2 Å². The van der Waals surface area contributed by atoms with E-state index in [4.69, 9.17) is 0 Å². The molecule has 9 heavy (non-hydrogen) atoms. The molecule has 0 spiro atoms. The third-order valence-corrected chi connectivity index (χ3v) is 0.560. The minimum atomic E-state index is -0.464. The Labute approximate surface area is 53.7 Å². The molecule has 0 aliphatic heterocycles. The van der Waals surface area contributed by atoms with E-state index in [0.717, 1.165) is 0 Å². The van der Waals surface area contributed by atoms with Gasteiger partial charge in [-0.05, 0) is 0 Å². The maximum Gasteiger partial charge on any atom is 0.429 e. The predicted octanol–water partition coefficient (Wildman–Crippen LogP) is 0.289. The van der Waals surface area contributed by atoms with E-state index >= 15 is 0 Å². The molecular weight excluding hydrogens is 124 g/mol. The fourth-order valence-electron chi connectivity index (χ4n) is 0.284. The lowest BCUT2D eigenvalue weighted by molar-refractivity contribution is -0.182. The normalized spacial score (nSPS) is 9.78. The van der Waals surface area contributed by atoms with Gasteiger partial charge in [0, 0.05) is 21.1 Å². The zero-order valence-electron chi connectivity index (χ0n) is 5.63. The van der Waals surface area contributed by atoms with Gasteiger partial charge in [0.25, 0.3) is 0 Å². The highest BCUT2D eigenvalue weighted by Crippen LogP contribution is 2.02. The molecule has 0 saturated carbocycles. The van der Waals surface area contributed by atoms with E-state index in [1.165, 1.54) is 21.1 Å². The van der Waals surface area contributed by atoms with Crippen molar-refractivity contribution >= 4 is 5.97 Å². The van der Waals surface area contributed by atoms with E-state index in [0.29, 0.717) is 0 Å². The summed E-state index contributed by atoms with van der Waals surface area (Å²) in [6.07, 6.45) is 0. The maximum absolute atomic E-state index is 10.2. The lowest BCUT2D eigenvalue weighted by Gasteiger charge is -2.07. The number of carbonyl (C=O) groups is 1. The van der Waals surface area contributed by atoms with E-state index in [-0.39, 0.29) is 6.48 Å². The van der Waals surface area contributed by atoms with Gasteiger partial charge in [0.2, 0.25) is 0 Å². The van der Waals surface area contributed by atoms with Gasteiger partial charge in [-0.2, -0.15) is 0 Å². The van der Waals surface area contributed by atoms with Crippen molar-refractivity contribution in [1.82, 2.24) is 0 Å². The van der Waals surface area contributed by atoms with E-state index < -0.39 is 5.97 Å². The number of rotatable bonds is 3. The molecule has 0 aliphatic carbocycles. The molecule has 53 valence electrons. The lowest BCUT2D eigenvalue weighted by atomic mass is 10.8. The van der Waals surface area contributed by atoms with Crippen LogP contribution in [-0.2, 0) is 19.0 Å². The highest BCUT2D eigenvalue weighted by molar-refractivity contribution is 5.66. The Morgan fingerprint density at radius 2 is 1.67 bits per heavy atom. The number of methoxy groups -OCH3 is 2. The van der Waals surface area contributed by atoms with Gasteiger partial charge in [-0.15, -0.1) is 0 Å². The monoisotopic (exact) mass is 133 g/mol. The highest BCUT2D eigenvalue weighted by atomic mass is 16.8. The summed E-state index contributed by atoms with van der Waals surface area (Å²) in [4.78, 5) is 10.2. The second-order valence-corrected chi connectivity index (χ2v) is 1.25. The van der Waals surface area contributed by atoms with Gasteiger partial charge >= 0.3 is 12.4 Å². The van der Waals surface area contributed by atoms with Crippen LogP contribution in [0.2, 0.25) is 0 Å². The standard InChI is InChI=1S/C5H9O4/c1-4(6)9-5(7-2)8-3/h1-3H3. The molecular formula is C5H9O4. The van der Waals surface area contributed by atoms with Gasteiger partial charge in [0.05, 0.1) is 0 Å². The molecule has 0 unspecified atom stereocenters. The molecule has 0 rings (SSSR count). The average Bonchev–Trinajstić information content (AvgIpc) is 1.82. The Morgan fingerprint density at radius 3 is 1.78 bits per heavy atom. The van der Waals surface area contributed by atoms with Crippen LogP contribution in [0.15, 0.2) is 0 Å². The first-order valence-electron chi connectivity index (χ1n) is 2.34. The van der Waals surface area contributed by atoms with E-state index in [1.807, 2.05) is 0 Å². The van der Waals surface area contributed by atoms with Crippen molar-refractivity contribution in [2.45, 2.75) is 6.92 Å². The number of esters is 1. The van der Waals surface area contributed by atoms with Crippen LogP contribution in [-0.4, -0.2) is 20.2 Å². The summed E-state index contributed by atoms with van der Waals surface area (Å²) in [5.74, 6) is -0.464. The third kappa shape index (κ3) is 3.93. The minimum absolute atomic E-state index is 0.137. The zero-order chi connectivity index (χ0) is 7.28. The molecule has 0 atom stereocenters. The van der Waals surface area contributed by atoms with Crippen LogP contribution in [0.25, 0.3) is 0 Å². The lowest BCUT2D eigenvalue weighted by Crippen LogP contribution is -2.11. The summed E-state index contributed by atoms with van der Waals surface area (Å²) < 4.78 is 13.3. The molecule has 0 saturated heterocycles. The summed E-state index contributed by atoms with van der Waals surface area (Å²) in [5.41, 5.74) is 0. The topological polar surface area (TPSA) is 44.8 Å². The van der Waals surface area contributed by atoms with Crippen LogP contribution in [0.3, 0.4) is 0 Å². The number of hydrogen-bond donors (Lipinski definition) is 0. The Hall–Kier alpha value is -0.610. The smallest absolute Gasteiger partial charge is 0.401 e. The van der Waals surface area contributed by atoms with Crippen molar-refractivity contribution in [3.8, 4) is 0 Å². The number of hydrogen-bond acceptors (Lipinski definition) is 4. The van der Waals surface area contributed by atoms with Crippen molar-refractivity contribution < 1.29 is 19.0 Å². The molecule has 0 bridgehead atoms. The van der Waals surface area contributed by atoms with Crippen LogP contribution < -0.4 is 0 Å². The molecule has 4 nitrogen and oxygen atoms in total. The van der Waals surface area contributed by atoms with Crippen molar-refractivity contribution in [3.05, 3.63) is 6.48 Å². The molecule has 0 fully saturated rings. The Balaban J connectivity index is 3.43. The van der Waals surface area contributed by atoms with Crippen LogP contribution in [0.4, 0.5) is 0 Å². The first-order chi connectivity index (χ1) is 4.20. The van der Waals surface area contributed by atoms with Crippen molar-refractivity contribution in [3.63, 3.8) is 0 Å². The Morgan fingerprint density at radius 1 is 1.22 bits per heavy atom. The van der Waals surface area contributed by atoms with Gasteiger partial charge in [-0.25, -0.2) is 0 Å². The van der Waals surface area contributed by atoms with Gasteiger partial charge in [-0.3, -0.25) is 4.79 Å². The van der Waals surface area contributed by atoms with Gasteiger partial charge < -0.3 is 14.2 Å². The van der Waals surface area contributed by atoms with Crippen LogP contribution in [0.5, 0.6) is 0 Å². The number of carbonyl (C=O) groups excluding carboxylic acids is 1. The zero-order valence-corrected chi connectivity index (χ0v) is 5.63. The highest BCUT2D eigenvalue weighted by Gasteiger charge is 2.10. The van der Waals surface area contributed by atoms with Crippen LogP contribution >= 0.6 is 0 Å². The second kappa shape index (κ2) is 4.29. The van der Waals surface area contributed by atoms with E-state index in [9.17, 15) is 4.79 Å². The molecule has 4 heteroatoms. The van der Waals surface area contributed by atoms with Crippen LogP contribution in [0, 0.1) is 6.48 Å². The molecule has 0 heterocycles.